The minimum atomic E-state index is -0.739. The fraction of sp³-hybridized carbons (Fsp3) is 0.333. The van der Waals surface area contributed by atoms with Gasteiger partial charge in [0, 0.05) is 11.3 Å². The molecule has 7 heteroatoms. The number of benzene rings is 2. The van der Waals surface area contributed by atoms with Crippen molar-refractivity contribution in [1.29, 1.82) is 0 Å². The van der Waals surface area contributed by atoms with Crippen molar-refractivity contribution in [2.75, 3.05) is 26.6 Å². The summed E-state index contributed by atoms with van der Waals surface area (Å²) in [6.45, 7) is 3.66. The molecule has 0 spiro atoms. The van der Waals surface area contributed by atoms with E-state index in [0.29, 0.717) is 28.5 Å². The zero-order valence-electron chi connectivity index (χ0n) is 16.8. The van der Waals surface area contributed by atoms with E-state index in [1.165, 1.54) is 33.5 Å². The Balaban J connectivity index is 2.11. The first-order valence-corrected chi connectivity index (χ1v) is 8.94. The first-order chi connectivity index (χ1) is 13.4. The quantitative estimate of drug-likeness (QED) is 0.728. The Morgan fingerprint density at radius 2 is 1.64 bits per heavy atom. The van der Waals surface area contributed by atoms with Gasteiger partial charge in [-0.05, 0) is 43.2 Å². The molecule has 28 heavy (non-hydrogen) atoms. The highest BCUT2D eigenvalue weighted by Crippen LogP contribution is 2.38. The molecule has 2 aromatic rings. The zero-order chi connectivity index (χ0) is 20.7. The van der Waals surface area contributed by atoms with Crippen molar-refractivity contribution in [3.63, 3.8) is 0 Å². The van der Waals surface area contributed by atoms with Crippen LogP contribution >= 0.6 is 0 Å². The molecule has 150 valence electrons. The maximum absolute atomic E-state index is 12.6. The number of ether oxygens (including phenoxy) is 3. The first kappa shape index (κ1) is 21.1. The predicted octanol–water partition coefficient (Wildman–Crippen LogP) is 3.03. The molecule has 0 heterocycles. The lowest BCUT2D eigenvalue weighted by atomic mass is 10.1. The highest BCUT2D eigenvalue weighted by molar-refractivity contribution is 6.01. The second-order valence-corrected chi connectivity index (χ2v) is 6.15. The SMILES string of the molecule is CCc1cccc(NC(=O)[C@H](C)NC(=O)c2cc(OC)c(OC)c(OC)c2)c1. The van der Waals surface area contributed by atoms with E-state index in [0.717, 1.165) is 12.0 Å². The monoisotopic (exact) mass is 386 g/mol. The molecular weight excluding hydrogens is 360 g/mol. The first-order valence-electron chi connectivity index (χ1n) is 8.94. The third-order valence-corrected chi connectivity index (χ3v) is 4.27. The molecule has 0 fully saturated rings. The number of nitrogens with one attached hydrogen (secondary N) is 2. The largest absolute Gasteiger partial charge is 0.493 e. The second kappa shape index (κ2) is 9.64. The minimum absolute atomic E-state index is 0.294. The Labute approximate surface area is 165 Å². The van der Waals surface area contributed by atoms with Crippen molar-refractivity contribution in [2.24, 2.45) is 0 Å². The summed E-state index contributed by atoms with van der Waals surface area (Å²) in [6.07, 6.45) is 0.872. The molecule has 0 aliphatic rings. The van der Waals surface area contributed by atoms with Gasteiger partial charge in [0.15, 0.2) is 11.5 Å². The van der Waals surface area contributed by atoms with E-state index in [1.54, 1.807) is 6.92 Å². The Hall–Kier alpha value is -3.22. The topological polar surface area (TPSA) is 85.9 Å². The van der Waals surface area contributed by atoms with Crippen LogP contribution in [0.2, 0.25) is 0 Å². The molecule has 0 saturated carbocycles. The van der Waals surface area contributed by atoms with Gasteiger partial charge in [-0.15, -0.1) is 0 Å². The molecule has 1 atom stereocenters. The highest BCUT2D eigenvalue weighted by Gasteiger charge is 2.20. The van der Waals surface area contributed by atoms with Crippen molar-refractivity contribution in [1.82, 2.24) is 5.32 Å². The van der Waals surface area contributed by atoms with Crippen LogP contribution in [0.4, 0.5) is 5.69 Å². The molecule has 0 unspecified atom stereocenters. The molecule has 2 rings (SSSR count). The van der Waals surface area contributed by atoms with Crippen molar-refractivity contribution < 1.29 is 23.8 Å². The molecule has 0 aliphatic heterocycles. The van der Waals surface area contributed by atoms with Gasteiger partial charge >= 0.3 is 0 Å². The van der Waals surface area contributed by atoms with Gasteiger partial charge < -0.3 is 24.8 Å². The average molecular weight is 386 g/mol. The summed E-state index contributed by atoms with van der Waals surface area (Å²) < 4.78 is 15.8. The number of rotatable bonds is 8. The van der Waals surface area contributed by atoms with Crippen LogP contribution in [0.1, 0.15) is 29.8 Å². The molecule has 0 aromatic heterocycles. The number of hydrogen-bond acceptors (Lipinski definition) is 5. The molecule has 0 saturated heterocycles. The average Bonchev–Trinajstić information content (AvgIpc) is 2.72. The summed E-state index contributed by atoms with van der Waals surface area (Å²) in [5.74, 6) is 0.377. The predicted molar refractivity (Wildman–Crippen MR) is 107 cm³/mol. The van der Waals surface area contributed by atoms with Crippen molar-refractivity contribution in [3.8, 4) is 17.2 Å². The number of carbonyl (C=O) groups is 2. The van der Waals surface area contributed by atoms with Crippen LogP contribution in [0.3, 0.4) is 0 Å². The van der Waals surface area contributed by atoms with E-state index in [-0.39, 0.29) is 5.91 Å². The number of aryl methyl sites for hydroxylation is 1. The number of anilines is 1. The van der Waals surface area contributed by atoms with Gasteiger partial charge in [-0.25, -0.2) is 0 Å². The molecular formula is C21H26N2O5. The van der Waals surface area contributed by atoms with Crippen molar-refractivity contribution in [2.45, 2.75) is 26.3 Å². The maximum atomic E-state index is 12.6. The van der Waals surface area contributed by atoms with Crippen LogP contribution in [0.25, 0.3) is 0 Å². The third-order valence-electron chi connectivity index (χ3n) is 4.27. The molecule has 2 aromatic carbocycles. The number of hydrogen-bond donors (Lipinski definition) is 2. The van der Waals surface area contributed by atoms with E-state index in [9.17, 15) is 9.59 Å². The van der Waals surface area contributed by atoms with Crippen LogP contribution in [-0.4, -0.2) is 39.2 Å². The Bertz CT molecular complexity index is 825. The highest BCUT2D eigenvalue weighted by atomic mass is 16.5. The van der Waals surface area contributed by atoms with Crippen LogP contribution in [0.15, 0.2) is 36.4 Å². The Morgan fingerprint density at radius 3 is 2.18 bits per heavy atom. The fourth-order valence-corrected chi connectivity index (χ4v) is 2.68. The smallest absolute Gasteiger partial charge is 0.252 e. The number of amides is 2. The van der Waals surface area contributed by atoms with Gasteiger partial charge in [0.25, 0.3) is 5.91 Å². The van der Waals surface area contributed by atoms with Gasteiger partial charge in [-0.3, -0.25) is 9.59 Å². The van der Waals surface area contributed by atoms with Gasteiger partial charge in [-0.2, -0.15) is 0 Å². The Kier molecular flexibility index (Phi) is 7.26. The maximum Gasteiger partial charge on any atom is 0.252 e. The lowest BCUT2D eigenvalue weighted by Crippen LogP contribution is -2.41. The fourth-order valence-electron chi connectivity index (χ4n) is 2.68. The van der Waals surface area contributed by atoms with Gasteiger partial charge in [0.1, 0.15) is 6.04 Å². The third kappa shape index (κ3) is 4.94. The number of carbonyl (C=O) groups excluding carboxylic acids is 2. The van der Waals surface area contributed by atoms with Crippen LogP contribution < -0.4 is 24.8 Å². The zero-order valence-corrected chi connectivity index (χ0v) is 16.8. The summed E-state index contributed by atoms with van der Waals surface area (Å²) >= 11 is 0. The minimum Gasteiger partial charge on any atom is -0.493 e. The summed E-state index contributed by atoms with van der Waals surface area (Å²) in [7, 11) is 4.43. The Morgan fingerprint density at radius 1 is 1.00 bits per heavy atom. The van der Waals surface area contributed by atoms with E-state index < -0.39 is 11.9 Å². The van der Waals surface area contributed by atoms with E-state index in [4.69, 9.17) is 14.2 Å². The van der Waals surface area contributed by atoms with E-state index in [1.807, 2.05) is 31.2 Å². The molecule has 0 bridgehead atoms. The number of methoxy groups -OCH3 is 3. The lowest BCUT2D eigenvalue weighted by molar-refractivity contribution is -0.117. The standard InChI is InChI=1S/C21H26N2O5/c1-6-14-8-7-9-16(10-14)23-20(24)13(2)22-21(25)15-11-17(26-3)19(28-5)18(12-15)27-4/h7-13H,6H2,1-5H3,(H,22,25)(H,23,24)/t13-/m0/s1. The van der Waals surface area contributed by atoms with Crippen molar-refractivity contribution in [3.05, 3.63) is 47.5 Å². The summed E-state index contributed by atoms with van der Waals surface area (Å²) in [5, 5.41) is 5.50. The molecule has 2 amide bonds. The van der Waals surface area contributed by atoms with Crippen LogP contribution in [0.5, 0.6) is 17.2 Å². The second-order valence-electron chi connectivity index (χ2n) is 6.15. The van der Waals surface area contributed by atoms with E-state index >= 15 is 0 Å². The molecule has 0 aliphatic carbocycles. The van der Waals surface area contributed by atoms with Gasteiger partial charge in [0.05, 0.1) is 21.3 Å². The summed E-state index contributed by atoms with van der Waals surface area (Å²) in [4.78, 5) is 25.0. The molecule has 7 nitrogen and oxygen atoms in total. The normalized spacial score (nSPS) is 11.3. The molecule has 0 radical (unpaired) electrons. The van der Waals surface area contributed by atoms with E-state index in [2.05, 4.69) is 10.6 Å². The summed E-state index contributed by atoms with van der Waals surface area (Å²) in [5.41, 5.74) is 2.10. The lowest BCUT2D eigenvalue weighted by Gasteiger charge is -2.17. The summed E-state index contributed by atoms with van der Waals surface area (Å²) in [6, 6.07) is 9.92. The van der Waals surface area contributed by atoms with Gasteiger partial charge in [0.2, 0.25) is 11.7 Å². The van der Waals surface area contributed by atoms with Crippen LogP contribution in [0, 0.1) is 0 Å². The van der Waals surface area contributed by atoms with Gasteiger partial charge in [-0.1, -0.05) is 19.1 Å². The molecule has 2 N–H and O–H groups in total. The van der Waals surface area contributed by atoms with Crippen LogP contribution in [-0.2, 0) is 11.2 Å². The van der Waals surface area contributed by atoms with Crippen molar-refractivity contribution >= 4 is 17.5 Å².